The maximum absolute atomic E-state index is 12.2. The van der Waals surface area contributed by atoms with Gasteiger partial charge in [0.25, 0.3) is 0 Å². The number of amides is 2. The smallest absolute Gasteiger partial charge is 0.244 e. The molecule has 0 aromatic heterocycles. The van der Waals surface area contributed by atoms with Crippen LogP contribution in [0.3, 0.4) is 0 Å². The number of nitrogens with one attached hydrogen (secondary N) is 1. The molecule has 2 amide bonds. The predicted molar refractivity (Wildman–Crippen MR) is 94.6 cm³/mol. The summed E-state index contributed by atoms with van der Waals surface area (Å²) in [7, 11) is 0. The van der Waals surface area contributed by atoms with E-state index in [-0.39, 0.29) is 18.4 Å². The Kier molecular flexibility index (Phi) is 5.88. The fourth-order valence-electron chi connectivity index (χ4n) is 1.93. The lowest BCUT2D eigenvalue weighted by Gasteiger charge is -2.21. The maximum Gasteiger partial charge on any atom is 0.244 e. The normalized spacial score (nSPS) is 10.3. The number of hydrogen-bond donors (Lipinski definition) is 1. The summed E-state index contributed by atoms with van der Waals surface area (Å²) < 4.78 is 0. The van der Waals surface area contributed by atoms with Gasteiger partial charge in [0.1, 0.15) is 6.54 Å². The summed E-state index contributed by atoms with van der Waals surface area (Å²) in [6, 6.07) is 11.4. The van der Waals surface area contributed by atoms with Crippen LogP contribution in [0.4, 0.5) is 11.4 Å². The number of carbonyl (C=O) groups excluding carboxylic acids is 2. The Labute approximate surface area is 148 Å². The fraction of sp³-hybridized carbons (Fsp3) is 0.125. The molecule has 0 aliphatic rings. The van der Waals surface area contributed by atoms with Crippen LogP contribution in [0.1, 0.15) is 6.92 Å². The Balaban J connectivity index is 2.14. The maximum atomic E-state index is 12.2. The van der Waals surface area contributed by atoms with Crippen molar-refractivity contribution in [2.45, 2.75) is 6.92 Å². The second-order valence-electron chi connectivity index (χ2n) is 4.75. The van der Waals surface area contributed by atoms with Crippen molar-refractivity contribution in [1.29, 1.82) is 0 Å². The van der Waals surface area contributed by atoms with E-state index in [9.17, 15) is 9.59 Å². The Morgan fingerprint density at radius 2 is 1.61 bits per heavy atom. The monoisotopic (exact) mass is 370 g/mol. The third-order valence-corrected chi connectivity index (χ3v) is 3.84. The third kappa shape index (κ3) is 4.86. The zero-order valence-corrected chi connectivity index (χ0v) is 14.4. The van der Waals surface area contributed by atoms with E-state index in [1.54, 1.807) is 42.5 Å². The van der Waals surface area contributed by atoms with Crippen LogP contribution in [0.5, 0.6) is 0 Å². The molecule has 0 heterocycles. The van der Waals surface area contributed by atoms with Gasteiger partial charge in [-0.2, -0.15) is 0 Å². The van der Waals surface area contributed by atoms with Crippen LogP contribution < -0.4 is 10.2 Å². The lowest BCUT2D eigenvalue weighted by molar-refractivity contribution is -0.120. The number of carbonyl (C=O) groups is 2. The van der Waals surface area contributed by atoms with Crippen LogP contribution in [-0.4, -0.2) is 18.4 Å². The van der Waals surface area contributed by atoms with Crippen molar-refractivity contribution in [3.05, 3.63) is 57.5 Å². The summed E-state index contributed by atoms with van der Waals surface area (Å²) in [4.78, 5) is 25.3. The Morgan fingerprint density at radius 1 is 1.00 bits per heavy atom. The minimum Gasteiger partial charge on any atom is -0.323 e. The highest BCUT2D eigenvalue weighted by Crippen LogP contribution is 2.25. The van der Waals surface area contributed by atoms with Gasteiger partial charge in [-0.05, 0) is 42.5 Å². The molecule has 0 spiro atoms. The third-order valence-electron chi connectivity index (χ3n) is 3.02. The summed E-state index contributed by atoms with van der Waals surface area (Å²) in [5.41, 5.74) is 0.970. The molecule has 0 saturated carbocycles. The molecule has 0 bridgehead atoms. The second kappa shape index (κ2) is 7.68. The lowest BCUT2D eigenvalue weighted by atomic mass is 10.2. The Hall–Kier alpha value is -1.75. The summed E-state index contributed by atoms with van der Waals surface area (Å²) in [6.45, 7) is 1.23. The zero-order chi connectivity index (χ0) is 17.0. The first-order chi connectivity index (χ1) is 10.9. The molecule has 0 saturated heterocycles. The van der Waals surface area contributed by atoms with Gasteiger partial charge < -0.3 is 10.2 Å². The first-order valence-electron chi connectivity index (χ1n) is 6.65. The van der Waals surface area contributed by atoms with Gasteiger partial charge in [0.05, 0.1) is 10.7 Å². The van der Waals surface area contributed by atoms with Gasteiger partial charge in [-0.15, -0.1) is 0 Å². The number of hydrogen-bond acceptors (Lipinski definition) is 2. The average Bonchev–Trinajstić information content (AvgIpc) is 2.49. The van der Waals surface area contributed by atoms with E-state index >= 15 is 0 Å². The molecule has 0 aliphatic heterocycles. The zero-order valence-electron chi connectivity index (χ0n) is 12.1. The molecule has 0 aliphatic carbocycles. The molecule has 0 unspecified atom stereocenters. The van der Waals surface area contributed by atoms with Crippen molar-refractivity contribution in [1.82, 2.24) is 0 Å². The van der Waals surface area contributed by atoms with Gasteiger partial charge in [-0.1, -0.05) is 34.8 Å². The van der Waals surface area contributed by atoms with E-state index in [0.717, 1.165) is 0 Å². The van der Waals surface area contributed by atoms with Gasteiger partial charge in [0, 0.05) is 22.7 Å². The Bertz CT molecular complexity index is 733. The highest BCUT2D eigenvalue weighted by molar-refractivity contribution is 6.35. The van der Waals surface area contributed by atoms with Gasteiger partial charge in [-0.25, -0.2) is 0 Å². The molecule has 7 heteroatoms. The minimum absolute atomic E-state index is 0.153. The molecular weight excluding hydrogens is 359 g/mol. The van der Waals surface area contributed by atoms with Gasteiger partial charge in [0.15, 0.2) is 0 Å². The summed E-state index contributed by atoms with van der Waals surface area (Å²) in [5.74, 6) is -0.654. The summed E-state index contributed by atoms with van der Waals surface area (Å²) in [5, 5.41) is 4.01. The average molecular weight is 372 g/mol. The highest BCUT2D eigenvalue weighted by Gasteiger charge is 2.16. The second-order valence-corrected chi connectivity index (χ2v) is 6.03. The standard InChI is InChI=1S/C16H13Cl3N2O2/c1-10(22)21(13-5-2-11(17)3-6-13)9-16(23)20-15-8-12(18)4-7-14(15)19/h2-8H,9H2,1H3,(H,20,23). The number of nitrogens with zero attached hydrogens (tertiary/aromatic N) is 1. The highest BCUT2D eigenvalue weighted by atomic mass is 35.5. The molecule has 0 radical (unpaired) electrons. The van der Waals surface area contributed by atoms with E-state index in [2.05, 4.69) is 5.32 Å². The van der Waals surface area contributed by atoms with Crippen LogP contribution in [0, 0.1) is 0 Å². The van der Waals surface area contributed by atoms with Gasteiger partial charge in [-0.3, -0.25) is 9.59 Å². The van der Waals surface area contributed by atoms with Crippen LogP contribution >= 0.6 is 34.8 Å². The molecular formula is C16H13Cl3N2O2. The van der Waals surface area contributed by atoms with E-state index in [0.29, 0.717) is 26.4 Å². The molecule has 23 heavy (non-hydrogen) atoms. The van der Waals surface area contributed by atoms with Crippen molar-refractivity contribution < 1.29 is 9.59 Å². The van der Waals surface area contributed by atoms with Crippen LogP contribution in [-0.2, 0) is 9.59 Å². The van der Waals surface area contributed by atoms with E-state index in [1.165, 1.54) is 11.8 Å². The molecule has 120 valence electrons. The minimum atomic E-state index is -0.390. The topological polar surface area (TPSA) is 49.4 Å². The molecule has 2 aromatic rings. The van der Waals surface area contributed by atoms with Crippen molar-refractivity contribution in [3.8, 4) is 0 Å². The number of anilines is 2. The van der Waals surface area contributed by atoms with Crippen LogP contribution in [0.25, 0.3) is 0 Å². The molecule has 2 aromatic carbocycles. The van der Waals surface area contributed by atoms with Crippen molar-refractivity contribution in [2.24, 2.45) is 0 Å². The fourth-order valence-corrected chi connectivity index (χ4v) is 2.39. The molecule has 0 fully saturated rings. The van der Waals surface area contributed by atoms with Crippen molar-refractivity contribution in [2.75, 3.05) is 16.8 Å². The molecule has 2 rings (SSSR count). The first-order valence-corrected chi connectivity index (χ1v) is 7.79. The quantitative estimate of drug-likeness (QED) is 0.851. The Morgan fingerprint density at radius 3 is 2.22 bits per heavy atom. The van der Waals surface area contributed by atoms with Crippen molar-refractivity contribution in [3.63, 3.8) is 0 Å². The predicted octanol–water partition coefficient (Wildman–Crippen LogP) is 4.64. The lowest BCUT2D eigenvalue weighted by Crippen LogP contribution is -2.36. The number of benzene rings is 2. The summed E-state index contributed by atoms with van der Waals surface area (Å²) in [6.07, 6.45) is 0. The van der Waals surface area contributed by atoms with Crippen LogP contribution in [0.2, 0.25) is 15.1 Å². The summed E-state index contributed by atoms with van der Waals surface area (Å²) >= 11 is 17.7. The first kappa shape index (κ1) is 17.6. The molecule has 4 nitrogen and oxygen atoms in total. The van der Waals surface area contributed by atoms with E-state index in [4.69, 9.17) is 34.8 Å². The van der Waals surface area contributed by atoms with E-state index in [1.807, 2.05) is 0 Å². The SMILES string of the molecule is CC(=O)N(CC(=O)Nc1cc(Cl)ccc1Cl)c1ccc(Cl)cc1. The number of halogens is 3. The number of rotatable bonds is 4. The van der Waals surface area contributed by atoms with Crippen LogP contribution in [0.15, 0.2) is 42.5 Å². The van der Waals surface area contributed by atoms with Gasteiger partial charge in [0.2, 0.25) is 11.8 Å². The molecule has 0 atom stereocenters. The van der Waals surface area contributed by atoms with Gasteiger partial charge >= 0.3 is 0 Å². The largest absolute Gasteiger partial charge is 0.323 e. The van der Waals surface area contributed by atoms with E-state index < -0.39 is 0 Å². The van der Waals surface area contributed by atoms with Crippen molar-refractivity contribution >= 4 is 58.0 Å². The molecule has 1 N–H and O–H groups in total.